The van der Waals surface area contributed by atoms with Crippen molar-refractivity contribution in [3.8, 4) is 16.8 Å². The van der Waals surface area contributed by atoms with Gasteiger partial charge in [0.25, 0.3) is 0 Å². The molecule has 0 saturated heterocycles. The molecule has 1 aliphatic carbocycles. The van der Waals surface area contributed by atoms with Gasteiger partial charge in [-0.2, -0.15) is 0 Å². The van der Waals surface area contributed by atoms with Gasteiger partial charge in [0, 0.05) is 50.6 Å². The first-order chi connectivity index (χ1) is 38.6. The van der Waals surface area contributed by atoms with Gasteiger partial charge < -0.3 is 14.4 Å². The van der Waals surface area contributed by atoms with E-state index in [0.29, 0.717) is 0 Å². The Morgan fingerprint density at radius 3 is 1.51 bits per heavy atom. The molecule has 12 aromatic carbocycles. The fraction of sp³-hybridized carbons (Fsp3) is 0.0145. The Bertz CT molecular complexity index is 4550. The van der Waals surface area contributed by atoms with E-state index in [-0.39, 0.29) is 34.5 Å². The van der Waals surface area contributed by atoms with Crippen LogP contribution in [-0.4, -0.2) is 4.57 Å². The molecule has 0 saturated carbocycles. The van der Waals surface area contributed by atoms with Crippen LogP contribution in [-0.2, 0) is 5.41 Å². The quantitative estimate of drug-likeness (QED) is 0.143. The Morgan fingerprint density at radius 1 is 0.347 bits per heavy atom. The Morgan fingerprint density at radius 2 is 0.861 bits per heavy atom. The summed E-state index contributed by atoms with van der Waals surface area (Å²) in [5.74, 6) is 0. The highest BCUT2D eigenvalue weighted by molar-refractivity contribution is 6.12. The molecule has 0 bridgehead atoms. The van der Waals surface area contributed by atoms with Crippen molar-refractivity contribution in [1.29, 1.82) is 0 Å². The first kappa shape index (κ1) is 34.8. The minimum absolute atomic E-state index is 0.105. The molecule has 0 amide bonds. The van der Waals surface area contributed by atoms with E-state index in [9.17, 15) is 5.48 Å². The first-order valence-electron chi connectivity index (χ1n) is 27.8. The van der Waals surface area contributed by atoms with E-state index in [1.54, 1.807) is 0 Å². The number of hydrogen-bond acceptors (Lipinski definition) is 2. The molecule has 1 heterocycles. The van der Waals surface area contributed by atoms with Crippen LogP contribution in [0.1, 0.15) is 31.8 Å². The highest BCUT2D eigenvalue weighted by Gasteiger charge is 2.48. The maximum atomic E-state index is 10.6. The molecule has 13 aromatic rings. The van der Waals surface area contributed by atoms with Crippen molar-refractivity contribution in [2.45, 2.75) is 5.41 Å². The molecule has 1 aromatic heterocycles. The van der Waals surface area contributed by atoms with E-state index in [0.717, 1.165) is 100 Å². The fourth-order valence-corrected chi connectivity index (χ4v) is 11.4. The van der Waals surface area contributed by atoms with Crippen LogP contribution >= 0.6 is 0 Å². The minimum atomic E-state index is -1.57. The fourth-order valence-electron chi connectivity index (χ4n) is 11.4. The molecular weight excluding hydrogens is 871 g/mol. The highest BCUT2D eigenvalue weighted by Crippen LogP contribution is 2.60. The van der Waals surface area contributed by atoms with Gasteiger partial charge in [0.1, 0.15) is 0 Å². The van der Waals surface area contributed by atoms with Crippen LogP contribution in [0.4, 0.5) is 34.1 Å². The number of hydrogen-bond donors (Lipinski definition) is 0. The van der Waals surface area contributed by atoms with Crippen molar-refractivity contribution in [3.05, 3.63) is 307 Å². The van der Waals surface area contributed by atoms with E-state index >= 15 is 0 Å². The van der Waals surface area contributed by atoms with Gasteiger partial charge >= 0.3 is 0 Å². The van der Waals surface area contributed by atoms with Gasteiger partial charge in [0.2, 0.25) is 0 Å². The number of aromatic nitrogens is 1. The average Bonchev–Trinajstić information content (AvgIpc) is 3.13. The van der Waals surface area contributed by atoms with E-state index in [2.05, 4.69) is 160 Å². The second-order valence-electron chi connectivity index (χ2n) is 18.3. The summed E-state index contributed by atoms with van der Waals surface area (Å²) in [6.07, 6.45) is 0. The Kier molecular flexibility index (Phi) is 8.17. The largest absolute Gasteiger partial charge is 0.310 e. The molecule has 3 heteroatoms. The normalized spacial score (nSPS) is 15.2. The number of fused-ring (bicyclic) bond motifs is 8. The molecule has 1 aliphatic rings. The molecular formula is C69H47N3. The lowest BCUT2D eigenvalue weighted by molar-refractivity contribution is 0.773. The standard InChI is InChI=1S/C69H47N3/c1-5-24-53(25-6-1)70(54-26-7-2-8-27-54)58-40-42-64-62(46-58)63-47-59(71(55-28-9-3-10-29-55)57-39-37-49-21-14-16-23-51(49)45-57)41-43-65(63)69(64,52-38-36-48-20-13-15-22-50(48)44-52)66-34-19-33-61-60-32-17-18-35-67(60)72(68(61)66)56-30-11-4-12-31-56/h1-47H/i13D,15D,20D,22D,36D,38D,44D. The molecule has 14 rings (SSSR count). The average molecular weight is 925 g/mol. The summed E-state index contributed by atoms with van der Waals surface area (Å²) >= 11 is 0. The van der Waals surface area contributed by atoms with Crippen molar-refractivity contribution >= 4 is 77.5 Å². The topological polar surface area (TPSA) is 11.4 Å². The third-order valence-electron chi connectivity index (χ3n) is 14.4. The smallest absolute Gasteiger partial charge is 0.0734 e. The minimum Gasteiger partial charge on any atom is -0.310 e. The summed E-state index contributed by atoms with van der Waals surface area (Å²) in [4.78, 5) is 4.48. The third kappa shape index (κ3) is 6.52. The van der Waals surface area contributed by atoms with E-state index in [4.69, 9.17) is 4.11 Å². The van der Waals surface area contributed by atoms with Gasteiger partial charge in [0.15, 0.2) is 0 Å². The third-order valence-corrected chi connectivity index (χ3v) is 14.4. The predicted octanol–water partition coefficient (Wildman–Crippen LogP) is 18.4. The molecule has 0 fully saturated rings. The summed E-state index contributed by atoms with van der Waals surface area (Å²) in [5, 5.41) is 3.89. The molecule has 0 N–H and O–H groups in total. The predicted molar refractivity (Wildman–Crippen MR) is 302 cm³/mol. The Labute approximate surface area is 429 Å². The van der Waals surface area contributed by atoms with E-state index < -0.39 is 29.6 Å². The van der Waals surface area contributed by atoms with E-state index in [1.165, 1.54) is 0 Å². The second kappa shape index (κ2) is 16.9. The zero-order valence-electron chi connectivity index (χ0n) is 45.9. The lowest BCUT2D eigenvalue weighted by Crippen LogP contribution is -2.29. The molecule has 1 atom stereocenters. The van der Waals surface area contributed by atoms with Gasteiger partial charge in [-0.3, -0.25) is 0 Å². The zero-order valence-corrected chi connectivity index (χ0v) is 38.9. The molecule has 338 valence electrons. The summed E-state index contributed by atoms with van der Waals surface area (Å²) in [5.41, 5.74) is 10.7. The zero-order chi connectivity index (χ0) is 53.7. The molecule has 0 aliphatic heterocycles. The monoisotopic (exact) mass is 924 g/mol. The molecule has 72 heavy (non-hydrogen) atoms. The SMILES string of the molecule is [2H]c1c([2H])c([2H])c2c([2H])c(C3(c4cccc5c6ccccc6n(-c6ccccc6)c45)c4ccc(N(c5ccccc5)c5ccccc5)cc4-c4cc(N(c5ccccc5)c5ccc6ccccc6c5)ccc43)c([2H])c([2H])c2c1[2H]. The van der Waals surface area contributed by atoms with Crippen molar-refractivity contribution < 1.29 is 9.60 Å². The van der Waals surface area contributed by atoms with Crippen LogP contribution in [0, 0.1) is 0 Å². The van der Waals surface area contributed by atoms with Gasteiger partial charge in [-0.05, 0) is 152 Å². The molecule has 1 unspecified atom stereocenters. The van der Waals surface area contributed by atoms with E-state index in [1.807, 2.05) is 97.1 Å². The summed E-state index contributed by atoms with van der Waals surface area (Å²) < 4.78 is 69.5. The number of para-hydroxylation sites is 6. The van der Waals surface area contributed by atoms with Crippen molar-refractivity contribution in [2.24, 2.45) is 0 Å². The highest BCUT2D eigenvalue weighted by atomic mass is 15.1. The molecule has 0 radical (unpaired) electrons. The van der Waals surface area contributed by atoms with Crippen LogP contribution in [0.5, 0.6) is 0 Å². The van der Waals surface area contributed by atoms with Crippen LogP contribution < -0.4 is 9.80 Å². The Balaban J connectivity index is 1.18. The van der Waals surface area contributed by atoms with Gasteiger partial charge in [-0.15, -0.1) is 0 Å². The number of rotatable bonds is 9. The second-order valence-corrected chi connectivity index (χ2v) is 18.3. The lowest BCUT2D eigenvalue weighted by atomic mass is 9.67. The molecule has 3 nitrogen and oxygen atoms in total. The lowest BCUT2D eigenvalue weighted by Gasteiger charge is -2.35. The number of nitrogens with zero attached hydrogens (tertiary/aromatic N) is 3. The van der Waals surface area contributed by atoms with Gasteiger partial charge in [-0.25, -0.2) is 0 Å². The van der Waals surface area contributed by atoms with Crippen LogP contribution in [0.2, 0.25) is 0 Å². The Hall–Kier alpha value is -9.44. The maximum absolute atomic E-state index is 10.6. The first-order valence-corrected chi connectivity index (χ1v) is 24.3. The van der Waals surface area contributed by atoms with Crippen LogP contribution in [0.15, 0.2) is 285 Å². The molecule has 0 spiro atoms. The number of anilines is 6. The maximum Gasteiger partial charge on any atom is 0.0734 e. The summed E-state index contributed by atoms with van der Waals surface area (Å²) in [6.45, 7) is 0. The van der Waals surface area contributed by atoms with Crippen LogP contribution in [0.3, 0.4) is 0 Å². The van der Waals surface area contributed by atoms with Crippen molar-refractivity contribution in [2.75, 3.05) is 9.80 Å². The van der Waals surface area contributed by atoms with Gasteiger partial charge in [-0.1, -0.05) is 188 Å². The summed E-state index contributed by atoms with van der Waals surface area (Å²) in [7, 11) is 0. The van der Waals surface area contributed by atoms with Crippen LogP contribution in [0.25, 0.3) is 60.2 Å². The van der Waals surface area contributed by atoms with Gasteiger partial charge in [0.05, 0.1) is 26.0 Å². The van der Waals surface area contributed by atoms with Crippen molar-refractivity contribution in [1.82, 2.24) is 4.57 Å². The summed E-state index contributed by atoms with van der Waals surface area (Å²) in [6, 6.07) is 80.4. The number of benzene rings is 12. The van der Waals surface area contributed by atoms with Crippen molar-refractivity contribution in [3.63, 3.8) is 0 Å².